The molecule has 11 nitrogen and oxygen atoms in total. The molecule has 5 aromatic rings. The molecular weight excluding hydrogens is 697 g/mol. The SMILES string of the molecule is C[C@H](NC(=O)OCC1c2ccccc2-c2ccccc21)C(=O)N[C@@H](C)C(=O)N[C@@H](CC(=O)NC(c1ccccc1)(c1ccccc1)c1ccccc1)C(=O)O. The predicted octanol–water partition coefficient (Wildman–Crippen LogP) is 5.49. The second-order valence-electron chi connectivity index (χ2n) is 13.4. The Kier molecular flexibility index (Phi) is 11.7. The number of carbonyl (C=O) groups excluding carboxylic acids is 4. The van der Waals surface area contributed by atoms with Crippen molar-refractivity contribution in [2.75, 3.05) is 6.61 Å². The number of aliphatic carboxylic acids is 1. The van der Waals surface area contributed by atoms with Crippen LogP contribution in [0.3, 0.4) is 0 Å². The average molecular weight is 739 g/mol. The van der Waals surface area contributed by atoms with Crippen molar-refractivity contribution in [2.24, 2.45) is 0 Å². The molecule has 0 saturated carbocycles. The quantitative estimate of drug-likeness (QED) is 0.0942. The third-order valence-corrected chi connectivity index (χ3v) is 9.77. The highest BCUT2D eigenvalue weighted by Gasteiger charge is 2.39. The van der Waals surface area contributed by atoms with Crippen molar-refractivity contribution in [3.05, 3.63) is 167 Å². The van der Waals surface area contributed by atoms with E-state index < -0.39 is 59.9 Å². The lowest BCUT2D eigenvalue weighted by molar-refractivity contribution is -0.144. The van der Waals surface area contributed by atoms with Gasteiger partial charge in [0.25, 0.3) is 0 Å². The zero-order valence-corrected chi connectivity index (χ0v) is 30.4. The number of carboxylic acids is 1. The Morgan fingerprint density at radius 2 is 1.02 bits per heavy atom. The van der Waals surface area contributed by atoms with Crippen LogP contribution in [0, 0.1) is 0 Å². The molecule has 0 fully saturated rings. The molecule has 5 N–H and O–H groups in total. The number of carbonyl (C=O) groups is 5. The van der Waals surface area contributed by atoms with Gasteiger partial charge in [0.05, 0.1) is 6.42 Å². The number of benzene rings is 5. The highest BCUT2D eigenvalue weighted by atomic mass is 16.5. The Bertz CT molecular complexity index is 2020. The topological polar surface area (TPSA) is 163 Å². The molecule has 0 aliphatic heterocycles. The standard InChI is InChI=1S/C44H42N4O7/c1-28(45-40(50)29(2)46-43(54)55-27-37-35-24-14-12-22-33(35)34-23-13-15-25-36(34)37)41(51)47-38(42(52)53)26-39(49)48-44(30-16-6-3-7-17-30,31-18-8-4-9-19-31)32-20-10-5-11-21-32/h3-25,28-29,37-38H,26-27H2,1-2H3,(H,45,50)(H,46,54)(H,47,51)(H,48,49)(H,52,53)/t28-,29-,38-/m0/s1. The number of nitrogens with one attached hydrogen (secondary N) is 4. The average Bonchev–Trinajstić information content (AvgIpc) is 3.53. The Morgan fingerprint density at radius 3 is 1.49 bits per heavy atom. The maximum absolute atomic E-state index is 13.8. The van der Waals surface area contributed by atoms with Gasteiger partial charge in [-0.3, -0.25) is 14.4 Å². The third kappa shape index (κ3) is 8.41. The van der Waals surface area contributed by atoms with E-state index in [1.807, 2.05) is 140 Å². The molecule has 11 heteroatoms. The lowest BCUT2D eigenvalue weighted by Crippen LogP contribution is -2.55. The van der Waals surface area contributed by atoms with E-state index in [1.54, 1.807) is 0 Å². The summed E-state index contributed by atoms with van der Waals surface area (Å²) < 4.78 is 5.54. The molecule has 6 rings (SSSR count). The normalized spacial score (nSPS) is 13.6. The highest BCUT2D eigenvalue weighted by Crippen LogP contribution is 2.44. The molecule has 3 atom stereocenters. The summed E-state index contributed by atoms with van der Waals surface area (Å²) in [5.41, 5.74) is 5.29. The van der Waals surface area contributed by atoms with Crippen LogP contribution in [0.5, 0.6) is 0 Å². The Balaban J connectivity index is 1.06. The number of ether oxygens (including phenoxy) is 1. The molecule has 1 aliphatic rings. The van der Waals surface area contributed by atoms with E-state index in [-0.39, 0.29) is 12.5 Å². The second-order valence-corrected chi connectivity index (χ2v) is 13.4. The molecule has 0 aromatic heterocycles. The first kappa shape index (κ1) is 38.0. The van der Waals surface area contributed by atoms with Crippen molar-refractivity contribution >= 4 is 29.8 Å². The summed E-state index contributed by atoms with van der Waals surface area (Å²) in [6.07, 6.45) is -1.41. The summed E-state index contributed by atoms with van der Waals surface area (Å²) in [6.45, 7) is 2.86. The molecule has 5 aromatic carbocycles. The Morgan fingerprint density at radius 1 is 0.600 bits per heavy atom. The van der Waals surface area contributed by atoms with Gasteiger partial charge in [-0.25, -0.2) is 9.59 Å². The first-order valence-corrected chi connectivity index (χ1v) is 18.0. The van der Waals surface area contributed by atoms with E-state index in [2.05, 4.69) is 21.3 Å². The summed E-state index contributed by atoms with van der Waals surface area (Å²) in [4.78, 5) is 65.1. The molecule has 0 bridgehead atoms. The molecule has 0 spiro atoms. The van der Waals surface area contributed by atoms with E-state index in [0.717, 1.165) is 38.9 Å². The van der Waals surface area contributed by atoms with Gasteiger partial charge in [-0.1, -0.05) is 140 Å². The van der Waals surface area contributed by atoms with Crippen molar-refractivity contribution in [2.45, 2.75) is 49.9 Å². The van der Waals surface area contributed by atoms with Crippen LogP contribution >= 0.6 is 0 Å². The van der Waals surface area contributed by atoms with Crippen molar-refractivity contribution in [1.29, 1.82) is 0 Å². The largest absolute Gasteiger partial charge is 0.480 e. The summed E-state index contributed by atoms with van der Waals surface area (Å²) in [5, 5.41) is 20.5. The zero-order chi connectivity index (χ0) is 39.0. The molecule has 1 aliphatic carbocycles. The van der Waals surface area contributed by atoms with Crippen LogP contribution < -0.4 is 21.3 Å². The number of rotatable bonds is 14. The maximum Gasteiger partial charge on any atom is 0.407 e. The minimum Gasteiger partial charge on any atom is -0.480 e. The molecule has 0 saturated heterocycles. The first-order valence-electron chi connectivity index (χ1n) is 18.0. The number of carboxylic acid groups (broad SMARTS) is 1. The van der Waals surface area contributed by atoms with Gasteiger partial charge >= 0.3 is 12.1 Å². The Hall–Kier alpha value is -6.75. The van der Waals surface area contributed by atoms with Gasteiger partial charge in [0, 0.05) is 5.92 Å². The van der Waals surface area contributed by atoms with Crippen LogP contribution in [0.4, 0.5) is 4.79 Å². The molecular formula is C44H42N4O7. The van der Waals surface area contributed by atoms with Crippen LogP contribution in [0.15, 0.2) is 140 Å². The number of alkyl carbamates (subject to hydrolysis) is 1. The van der Waals surface area contributed by atoms with Gasteiger partial charge < -0.3 is 31.1 Å². The number of fused-ring (bicyclic) bond motifs is 3. The minimum atomic E-state index is -1.62. The van der Waals surface area contributed by atoms with Crippen LogP contribution in [-0.4, -0.2) is 59.6 Å². The lowest BCUT2D eigenvalue weighted by atomic mass is 9.77. The van der Waals surface area contributed by atoms with Gasteiger partial charge in [0.15, 0.2) is 0 Å². The lowest BCUT2D eigenvalue weighted by Gasteiger charge is -2.37. The fourth-order valence-electron chi connectivity index (χ4n) is 7.01. The van der Waals surface area contributed by atoms with E-state index >= 15 is 0 Å². The second kappa shape index (κ2) is 16.9. The van der Waals surface area contributed by atoms with Crippen LogP contribution in [0.25, 0.3) is 11.1 Å². The van der Waals surface area contributed by atoms with Gasteiger partial charge in [-0.05, 0) is 52.8 Å². The smallest absolute Gasteiger partial charge is 0.407 e. The predicted molar refractivity (Wildman–Crippen MR) is 207 cm³/mol. The number of amides is 4. The van der Waals surface area contributed by atoms with Gasteiger partial charge in [-0.15, -0.1) is 0 Å². The van der Waals surface area contributed by atoms with Gasteiger partial charge in [0.1, 0.15) is 30.3 Å². The van der Waals surface area contributed by atoms with Gasteiger partial charge in [0.2, 0.25) is 17.7 Å². The summed E-state index contributed by atoms with van der Waals surface area (Å²) in [6, 6.07) is 39.9. The monoisotopic (exact) mass is 738 g/mol. The minimum absolute atomic E-state index is 0.0559. The fraction of sp³-hybridized carbons (Fsp3) is 0.205. The van der Waals surface area contributed by atoms with E-state index in [4.69, 9.17) is 4.74 Å². The summed E-state index contributed by atoms with van der Waals surface area (Å²) >= 11 is 0. The van der Waals surface area contributed by atoms with Crippen molar-refractivity contribution in [1.82, 2.24) is 21.3 Å². The van der Waals surface area contributed by atoms with Crippen LogP contribution in [0.2, 0.25) is 0 Å². The van der Waals surface area contributed by atoms with Crippen LogP contribution in [0.1, 0.15) is 54.0 Å². The first-order chi connectivity index (χ1) is 26.6. The van der Waals surface area contributed by atoms with E-state index in [9.17, 15) is 29.1 Å². The number of hydrogen-bond donors (Lipinski definition) is 5. The van der Waals surface area contributed by atoms with Crippen LogP contribution in [-0.2, 0) is 29.5 Å². The summed E-state index contributed by atoms with van der Waals surface area (Å²) in [7, 11) is 0. The van der Waals surface area contributed by atoms with E-state index in [0.29, 0.717) is 0 Å². The molecule has 280 valence electrons. The summed E-state index contributed by atoms with van der Waals surface area (Å²) in [5.74, 6) is -3.76. The van der Waals surface area contributed by atoms with E-state index in [1.165, 1.54) is 13.8 Å². The molecule has 0 heterocycles. The van der Waals surface area contributed by atoms with Crippen molar-refractivity contribution in [3.8, 4) is 11.1 Å². The zero-order valence-electron chi connectivity index (χ0n) is 30.4. The van der Waals surface area contributed by atoms with Crippen molar-refractivity contribution < 1.29 is 33.8 Å². The molecule has 0 unspecified atom stereocenters. The Labute approximate surface area is 319 Å². The highest BCUT2D eigenvalue weighted by molar-refractivity contribution is 5.94. The fourth-order valence-corrected chi connectivity index (χ4v) is 7.01. The van der Waals surface area contributed by atoms with Crippen molar-refractivity contribution in [3.63, 3.8) is 0 Å². The maximum atomic E-state index is 13.8. The molecule has 55 heavy (non-hydrogen) atoms. The molecule has 4 amide bonds. The van der Waals surface area contributed by atoms with Gasteiger partial charge in [-0.2, -0.15) is 0 Å². The molecule has 0 radical (unpaired) electrons. The third-order valence-electron chi connectivity index (χ3n) is 9.77. The number of hydrogen-bond acceptors (Lipinski definition) is 6.